The van der Waals surface area contributed by atoms with Crippen LogP contribution in [0.5, 0.6) is 0 Å². The van der Waals surface area contributed by atoms with E-state index in [-0.39, 0.29) is 25.8 Å². The lowest BCUT2D eigenvalue weighted by Crippen LogP contribution is -2.37. The molecule has 0 radical (unpaired) electrons. The quantitative estimate of drug-likeness (QED) is 0.0197. The zero-order chi connectivity index (χ0) is 49.8. The van der Waals surface area contributed by atoms with Crippen molar-refractivity contribution in [2.24, 2.45) is 0 Å². The molecule has 9 heteroatoms. The van der Waals surface area contributed by atoms with E-state index in [2.05, 4.69) is 38.2 Å². The maximum absolute atomic E-state index is 12.8. The molecule has 0 aliphatic rings. The first kappa shape index (κ1) is 67.0. The standard InChI is InChI=1S/C59H116NO7P/c1-6-8-10-12-14-16-18-20-22-24-26-28-29-30-31-32-33-35-37-39-41-43-45-47-49-51-54-64-56-58(57-66-68(62,63)65-55-53-60(3,4)5)67-59(61)52-50-48-46-44-42-40-38-36-34-27-25-23-21-19-17-15-13-11-9-7-2/h18,20,24,26,58H,6-17,19,21-23,25,27-57H2,1-5H3/b20-18-,26-24-. The zero-order valence-corrected chi connectivity index (χ0v) is 47.0. The van der Waals surface area contributed by atoms with Crippen LogP contribution in [0, 0.1) is 0 Å². The Kier molecular flexibility index (Phi) is 51.5. The summed E-state index contributed by atoms with van der Waals surface area (Å²) in [6.07, 6.45) is 63.6. The normalized spacial score (nSPS) is 13.6. The number of unbranched alkanes of at least 4 members (excludes halogenated alkanes) is 38. The molecule has 68 heavy (non-hydrogen) atoms. The SMILES string of the molecule is CCCCCCC/C=C\C/C=C\CCCCCCCCCCCCCCCCOCC(COP(=O)([O-])OCC[N+](C)(C)C)OC(=O)CCCCCCCCCCCCCCCCCCCCCC. The summed E-state index contributed by atoms with van der Waals surface area (Å²) in [4.78, 5) is 25.3. The van der Waals surface area contributed by atoms with Crippen molar-refractivity contribution in [3.05, 3.63) is 24.3 Å². The van der Waals surface area contributed by atoms with Crippen molar-refractivity contribution in [1.82, 2.24) is 0 Å². The summed E-state index contributed by atoms with van der Waals surface area (Å²) < 4.78 is 34.9. The minimum Gasteiger partial charge on any atom is -0.756 e. The van der Waals surface area contributed by atoms with E-state index in [1.54, 1.807) is 0 Å². The van der Waals surface area contributed by atoms with Gasteiger partial charge in [0.1, 0.15) is 19.3 Å². The average Bonchev–Trinajstić information content (AvgIpc) is 3.30. The van der Waals surface area contributed by atoms with Gasteiger partial charge in [0.2, 0.25) is 0 Å². The van der Waals surface area contributed by atoms with Crippen LogP contribution in [0.25, 0.3) is 0 Å². The van der Waals surface area contributed by atoms with Gasteiger partial charge in [-0.05, 0) is 44.9 Å². The molecule has 0 rings (SSSR count). The molecule has 0 spiro atoms. The van der Waals surface area contributed by atoms with Crippen molar-refractivity contribution < 1.29 is 37.3 Å². The van der Waals surface area contributed by atoms with Crippen molar-refractivity contribution in [3.8, 4) is 0 Å². The van der Waals surface area contributed by atoms with Crippen LogP contribution in [0.15, 0.2) is 24.3 Å². The minimum atomic E-state index is -4.53. The van der Waals surface area contributed by atoms with E-state index in [9.17, 15) is 14.3 Å². The highest BCUT2D eigenvalue weighted by molar-refractivity contribution is 7.45. The third kappa shape index (κ3) is 55.9. The Morgan fingerprint density at radius 3 is 1.19 bits per heavy atom. The summed E-state index contributed by atoms with van der Waals surface area (Å²) in [5, 5.41) is 0. The van der Waals surface area contributed by atoms with Crippen molar-refractivity contribution in [3.63, 3.8) is 0 Å². The second kappa shape index (κ2) is 52.3. The van der Waals surface area contributed by atoms with E-state index in [4.69, 9.17) is 18.5 Å². The Hall–Kier alpha value is -1.02. The van der Waals surface area contributed by atoms with E-state index in [0.29, 0.717) is 24.1 Å². The number of phosphoric ester groups is 1. The number of phosphoric acid groups is 1. The first-order chi connectivity index (χ1) is 33.1. The number of likely N-dealkylation sites (N-methyl/N-ethyl adjacent to an activating group) is 1. The maximum atomic E-state index is 12.8. The Balaban J connectivity index is 4.01. The molecule has 0 aromatic carbocycles. The monoisotopic (exact) mass is 982 g/mol. The average molecular weight is 983 g/mol. The Morgan fingerprint density at radius 1 is 0.456 bits per heavy atom. The summed E-state index contributed by atoms with van der Waals surface area (Å²) >= 11 is 0. The van der Waals surface area contributed by atoms with Crippen LogP contribution in [0.4, 0.5) is 0 Å². The third-order valence-electron chi connectivity index (χ3n) is 13.3. The molecular formula is C59H116NO7P. The van der Waals surface area contributed by atoms with E-state index in [1.165, 1.54) is 231 Å². The first-order valence-electron chi connectivity index (χ1n) is 29.6. The predicted molar refractivity (Wildman–Crippen MR) is 291 cm³/mol. The van der Waals surface area contributed by atoms with Crippen LogP contribution in [0.1, 0.15) is 290 Å². The molecule has 0 aliphatic heterocycles. The van der Waals surface area contributed by atoms with Crippen molar-refractivity contribution in [2.45, 2.75) is 296 Å². The molecule has 2 atom stereocenters. The van der Waals surface area contributed by atoms with Gasteiger partial charge in [0.05, 0.1) is 34.4 Å². The number of carbonyl (C=O) groups is 1. The number of allylic oxidation sites excluding steroid dienone is 4. The number of nitrogens with zero attached hydrogens (tertiary/aromatic N) is 1. The topological polar surface area (TPSA) is 94.1 Å². The van der Waals surface area contributed by atoms with Gasteiger partial charge in [-0.2, -0.15) is 0 Å². The molecular weight excluding hydrogens is 866 g/mol. The van der Waals surface area contributed by atoms with Gasteiger partial charge in [-0.25, -0.2) is 0 Å². The largest absolute Gasteiger partial charge is 0.756 e. The molecule has 8 nitrogen and oxygen atoms in total. The zero-order valence-electron chi connectivity index (χ0n) is 46.1. The van der Waals surface area contributed by atoms with Gasteiger partial charge >= 0.3 is 5.97 Å². The fourth-order valence-corrected chi connectivity index (χ4v) is 9.43. The van der Waals surface area contributed by atoms with Crippen molar-refractivity contribution in [1.29, 1.82) is 0 Å². The maximum Gasteiger partial charge on any atom is 0.306 e. The van der Waals surface area contributed by atoms with Crippen LogP contribution >= 0.6 is 7.82 Å². The van der Waals surface area contributed by atoms with E-state index >= 15 is 0 Å². The fraction of sp³-hybridized carbons (Fsp3) is 0.915. The number of hydrogen-bond donors (Lipinski definition) is 0. The second-order valence-corrected chi connectivity index (χ2v) is 22.8. The van der Waals surface area contributed by atoms with Crippen LogP contribution in [-0.4, -0.2) is 70.7 Å². The highest BCUT2D eigenvalue weighted by Crippen LogP contribution is 2.38. The van der Waals surface area contributed by atoms with Gasteiger partial charge < -0.3 is 27.9 Å². The number of carbonyl (C=O) groups excluding carboxylic acids is 1. The van der Waals surface area contributed by atoms with E-state index < -0.39 is 13.9 Å². The Labute approximate surface area is 423 Å². The molecule has 404 valence electrons. The summed E-state index contributed by atoms with van der Waals surface area (Å²) in [6, 6.07) is 0. The van der Waals surface area contributed by atoms with E-state index in [0.717, 1.165) is 38.5 Å². The second-order valence-electron chi connectivity index (χ2n) is 21.4. The molecule has 0 heterocycles. The number of esters is 1. The van der Waals surface area contributed by atoms with E-state index in [1.807, 2.05) is 21.1 Å². The molecule has 0 aromatic heterocycles. The Morgan fingerprint density at radius 2 is 0.809 bits per heavy atom. The molecule has 0 bridgehead atoms. The van der Waals surface area contributed by atoms with Crippen LogP contribution in [0.3, 0.4) is 0 Å². The van der Waals surface area contributed by atoms with Crippen LogP contribution < -0.4 is 4.89 Å². The van der Waals surface area contributed by atoms with Crippen LogP contribution in [-0.2, 0) is 27.9 Å². The van der Waals surface area contributed by atoms with Gasteiger partial charge in [-0.15, -0.1) is 0 Å². The molecule has 0 aliphatic carbocycles. The molecule has 0 saturated carbocycles. The molecule has 2 unspecified atom stereocenters. The fourth-order valence-electron chi connectivity index (χ4n) is 8.70. The van der Waals surface area contributed by atoms with Crippen LogP contribution in [0.2, 0.25) is 0 Å². The summed E-state index contributed by atoms with van der Waals surface area (Å²) in [5.41, 5.74) is 0. The summed E-state index contributed by atoms with van der Waals surface area (Å²) in [6.45, 7) is 5.47. The van der Waals surface area contributed by atoms with Gasteiger partial charge in [-0.1, -0.05) is 263 Å². The number of hydrogen-bond acceptors (Lipinski definition) is 7. The summed E-state index contributed by atoms with van der Waals surface area (Å²) in [5.74, 6) is -0.326. The first-order valence-corrected chi connectivity index (χ1v) is 31.0. The molecule has 0 aromatic rings. The van der Waals surface area contributed by atoms with Gasteiger partial charge in [0.25, 0.3) is 7.82 Å². The number of rotatable bonds is 56. The minimum absolute atomic E-state index is 0.0293. The lowest BCUT2D eigenvalue weighted by molar-refractivity contribution is -0.870. The van der Waals surface area contributed by atoms with Crippen molar-refractivity contribution >= 4 is 13.8 Å². The summed E-state index contributed by atoms with van der Waals surface area (Å²) in [7, 11) is 1.37. The van der Waals surface area contributed by atoms with Gasteiger partial charge in [0.15, 0.2) is 0 Å². The number of quaternary nitrogens is 1. The van der Waals surface area contributed by atoms with Crippen molar-refractivity contribution in [2.75, 3.05) is 54.1 Å². The lowest BCUT2D eigenvalue weighted by atomic mass is 10.0. The highest BCUT2D eigenvalue weighted by atomic mass is 31.2. The van der Waals surface area contributed by atoms with Gasteiger partial charge in [0, 0.05) is 13.0 Å². The number of ether oxygens (including phenoxy) is 2. The lowest BCUT2D eigenvalue weighted by Gasteiger charge is -2.28. The predicted octanol–water partition coefficient (Wildman–Crippen LogP) is 18.0. The third-order valence-corrected chi connectivity index (χ3v) is 14.2. The highest BCUT2D eigenvalue weighted by Gasteiger charge is 2.20. The van der Waals surface area contributed by atoms with Gasteiger partial charge in [-0.3, -0.25) is 9.36 Å². The molecule has 0 amide bonds. The smallest absolute Gasteiger partial charge is 0.306 e. The Bertz CT molecular complexity index is 1140. The molecule has 0 saturated heterocycles. The molecule has 0 N–H and O–H groups in total. The molecule has 0 fully saturated rings.